The zero-order valence-electron chi connectivity index (χ0n) is 15.3. The number of nitrogens with zero attached hydrogens (tertiary/aromatic N) is 1. The Kier molecular flexibility index (Phi) is 4.87. The molecule has 8 heteroatoms. The van der Waals surface area contributed by atoms with Gasteiger partial charge in [0.2, 0.25) is 6.79 Å². The van der Waals surface area contributed by atoms with Gasteiger partial charge in [0.15, 0.2) is 23.0 Å². The molecular formula is C20H17NO6S. The molecule has 7 nitrogen and oxygen atoms in total. The number of carbonyl (C=O) groups excluding carboxylic acids is 2. The molecule has 2 amide bonds. The molecule has 0 atom stereocenters. The summed E-state index contributed by atoms with van der Waals surface area (Å²) in [6.45, 7) is 0.563. The highest BCUT2D eigenvalue weighted by Crippen LogP contribution is 2.35. The molecule has 0 unspecified atom stereocenters. The number of hydrogen-bond acceptors (Lipinski definition) is 7. The summed E-state index contributed by atoms with van der Waals surface area (Å²) < 4.78 is 22.0. The molecule has 0 spiro atoms. The minimum absolute atomic E-state index is 0.229. The fourth-order valence-corrected chi connectivity index (χ4v) is 3.61. The maximum absolute atomic E-state index is 12.0. The second-order valence-electron chi connectivity index (χ2n) is 6.13. The molecule has 2 aromatic rings. The first-order valence-corrected chi connectivity index (χ1v) is 9.28. The predicted molar refractivity (Wildman–Crippen MR) is 104 cm³/mol. The summed E-state index contributed by atoms with van der Waals surface area (Å²) in [6.07, 6.45) is 1.67. The van der Waals surface area contributed by atoms with Crippen LogP contribution in [-0.2, 0) is 11.4 Å². The number of likely N-dealkylation sites (N-methyl/N-ethyl adjacent to an activating group) is 1. The molecular weight excluding hydrogens is 382 g/mol. The summed E-state index contributed by atoms with van der Waals surface area (Å²) in [7, 11) is 3.01. The van der Waals surface area contributed by atoms with Crippen LogP contribution in [0.1, 0.15) is 11.1 Å². The van der Waals surface area contributed by atoms with E-state index in [1.807, 2.05) is 18.2 Å². The van der Waals surface area contributed by atoms with Crippen LogP contribution in [0.2, 0.25) is 0 Å². The number of methoxy groups -OCH3 is 1. The van der Waals surface area contributed by atoms with Crippen LogP contribution >= 0.6 is 11.8 Å². The van der Waals surface area contributed by atoms with E-state index in [1.54, 1.807) is 31.4 Å². The summed E-state index contributed by atoms with van der Waals surface area (Å²) >= 11 is 0.916. The van der Waals surface area contributed by atoms with Crippen LogP contribution in [0.4, 0.5) is 4.79 Å². The zero-order chi connectivity index (χ0) is 19.7. The minimum Gasteiger partial charge on any atom is -0.493 e. The van der Waals surface area contributed by atoms with E-state index >= 15 is 0 Å². The highest BCUT2D eigenvalue weighted by molar-refractivity contribution is 8.18. The molecule has 1 saturated heterocycles. The van der Waals surface area contributed by atoms with E-state index in [-0.39, 0.29) is 17.9 Å². The minimum atomic E-state index is -0.308. The van der Waals surface area contributed by atoms with Crippen LogP contribution in [0.25, 0.3) is 6.08 Å². The van der Waals surface area contributed by atoms with Crippen molar-refractivity contribution in [2.24, 2.45) is 0 Å². The molecule has 2 aliphatic rings. The Labute approximate surface area is 165 Å². The zero-order valence-corrected chi connectivity index (χ0v) is 16.1. The number of imide groups is 1. The molecule has 0 aromatic heterocycles. The van der Waals surface area contributed by atoms with Crippen molar-refractivity contribution < 1.29 is 28.5 Å². The van der Waals surface area contributed by atoms with Crippen molar-refractivity contribution in [1.29, 1.82) is 0 Å². The quantitative estimate of drug-likeness (QED) is 0.710. The van der Waals surface area contributed by atoms with Crippen molar-refractivity contribution in [3.05, 3.63) is 52.4 Å². The van der Waals surface area contributed by atoms with Gasteiger partial charge in [0.25, 0.3) is 11.1 Å². The maximum Gasteiger partial charge on any atom is 0.293 e. The highest BCUT2D eigenvalue weighted by atomic mass is 32.2. The molecule has 0 N–H and O–H groups in total. The van der Waals surface area contributed by atoms with Crippen LogP contribution in [0, 0.1) is 0 Å². The molecule has 0 aliphatic carbocycles. The predicted octanol–water partition coefficient (Wildman–Crippen LogP) is 3.67. The summed E-state index contributed by atoms with van der Waals surface area (Å²) in [5, 5.41) is -0.285. The molecule has 0 radical (unpaired) electrons. The van der Waals surface area contributed by atoms with Gasteiger partial charge in [0.1, 0.15) is 6.61 Å². The van der Waals surface area contributed by atoms with Crippen molar-refractivity contribution in [1.82, 2.24) is 4.90 Å². The van der Waals surface area contributed by atoms with Crippen molar-refractivity contribution in [2.75, 3.05) is 21.0 Å². The third-order valence-corrected chi connectivity index (χ3v) is 5.26. The van der Waals surface area contributed by atoms with Crippen molar-refractivity contribution in [3.63, 3.8) is 0 Å². The lowest BCUT2D eigenvalue weighted by molar-refractivity contribution is -0.121. The summed E-state index contributed by atoms with van der Waals surface area (Å²) in [6, 6.07) is 11.0. The second-order valence-corrected chi connectivity index (χ2v) is 7.12. The van der Waals surface area contributed by atoms with E-state index in [9.17, 15) is 9.59 Å². The van der Waals surface area contributed by atoms with Crippen LogP contribution < -0.4 is 18.9 Å². The number of hydrogen-bond donors (Lipinski definition) is 0. The summed E-state index contributed by atoms with van der Waals surface area (Å²) in [4.78, 5) is 25.1. The Hall–Kier alpha value is -3.13. The Morgan fingerprint density at radius 2 is 1.93 bits per heavy atom. The highest BCUT2D eigenvalue weighted by Gasteiger charge is 2.31. The molecule has 2 aromatic carbocycles. The van der Waals surface area contributed by atoms with Gasteiger partial charge < -0.3 is 18.9 Å². The van der Waals surface area contributed by atoms with E-state index in [0.29, 0.717) is 28.8 Å². The van der Waals surface area contributed by atoms with E-state index in [2.05, 4.69) is 0 Å². The lowest BCUT2D eigenvalue weighted by Gasteiger charge is -2.12. The molecule has 144 valence electrons. The topological polar surface area (TPSA) is 74.3 Å². The first-order chi connectivity index (χ1) is 13.5. The van der Waals surface area contributed by atoms with Crippen LogP contribution in [0.5, 0.6) is 23.0 Å². The first kappa shape index (κ1) is 18.2. The third kappa shape index (κ3) is 3.50. The van der Waals surface area contributed by atoms with E-state index in [0.717, 1.165) is 33.5 Å². The molecule has 1 fully saturated rings. The van der Waals surface area contributed by atoms with Gasteiger partial charge in [-0.1, -0.05) is 12.1 Å². The third-order valence-electron chi connectivity index (χ3n) is 4.30. The SMILES string of the molecule is COc1cc(/C=C2\SC(=O)N(C)C2=O)ccc1OCc1ccc2c(c1)OCO2. The number of fused-ring (bicyclic) bond motifs is 1. The van der Waals surface area contributed by atoms with Crippen molar-refractivity contribution >= 4 is 29.0 Å². The molecule has 0 bridgehead atoms. The normalized spacial score (nSPS) is 16.8. The number of thioether (sulfide) groups is 1. The fourth-order valence-electron chi connectivity index (χ4n) is 2.78. The van der Waals surface area contributed by atoms with Gasteiger partial charge in [-0.15, -0.1) is 0 Å². The van der Waals surface area contributed by atoms with E-state index < -0.39 is 0 Å². The van der Waals surface area contributed by atoms with Gasteiger partial charge in [-0.3, -0.25) is 14.5 Å². The molecule has 2 aliphatic heterocycles. The maximum atomic E-state index is 12.0. The smallest absolute Gasteiger partial charge is 0.293 e. The summed E-state index contributed by atoms with van der Waals surface area (Å²) in [5.41, 5.74) is 1.68. The lowest BCUT2D eigenvalue weighted by Crippen LogP contribution is -2.22. The monoisotopic (exact) mass is 399 g/mol. The molecule has 0 saturated carbocycles. The Morgan fingerprint density at radius 3 is 2.68 bits per heavy atom. The number of carbonyl (C=O) groups is 2. The molecule has 28 heavy (non-hydrogen) atoms. The average Bonchev–Trinajstić information content (AvgIpc) is 3.27. The van der Waals surface area contributed by atoms with Gasteiger partial charge in [-0.05, 0) is 53.2 Å². The second kappa shape index (κ2) is 7.47. The number of benzene rings is 2. The van der Waals surface area contributed by atoms with Crippen LogP contribution in [0.15, 0.2) is 41.3 Å². The largest absolute Gasteiger partial charge is 0.493 e. The number of amides is 2. The van der Waals surface area contributed by atoms with Gasteiger partial charge >= 0.3 is 0 Å². The molecule has 4 rings (SSSR count). The van der Waals surface area contributed by atoms with E-state index in [1.165, 1.54) is 7.05 Å². The Balaban J connectivity index is 1.50. The van der Waals surface area contributed by atoms with Gasteiger partial charge in [0, 0.05) is 7.05 Å². The first-order valence-electron chi connectivity index (χ1n) is 8.46. The van der Waals surface area contributed by atoms with Gasteiger partial charge in [-0.2, -0.15) is 0 Å². The number of rotatable bonds is 5. The van der Waals surface area contributed by atoms with Crippen molar-refractivity contribution in [3.8, 4) is 23.0 Å². The Morgan fingerprint density at radius 1 is 1.11 bits per heavy atom. The van der Waals surface area contributed by atoms with Gasteiger partial charge in [0.05, 0.1) is 12.0 Å². The van der Waals surface area contributed by atoms with E-state index in [4.69, 9.17) is 18.9 Å². The van der Waals surface area contributed by atoms with Crippen LogP contribution in [0.3, 0.4) is 0 Å². The van der Waals surface area contributed by atoms with Crippen LogP contribution in [-0.4, -0.2) is 37.0 Å². The van der Waals surface area contributed by atoms with Gasteiger partial charge in [-0.25, -0.2) is 0 Å². The Bertz CT molecular complexity index is 987. The fraction of sp³-hybridized carbons (Fsp3) is 0.200. The molecule has 2 heterocycles. The number of ether oxygens (including phenoxy) is 4. The lowest BCUT2D eigenvalue weighted by atomic mass is 10.1. The van der Waals surface area contributed by atoms with Crippen molar-refractivity contribution in [2.45, 2.75) is 6.61 Å². The average molecular weight is 399 g/mol. The standard InChI is InChI=1S/C20H17NO6S/c1-21-19(22)18(28-20(21)23)9-12-3-5-14(16(7-12)24-2)25-10-13-4-6-15-17(8-13)27-11-26-15/h3-9H,10-11H2,1-2H3/b18-9-. The summed E-state index contributed by atoms with van der Waals surface area (Å²) in [5.74, 6) is 2.22.